The van der Waals surface area contributed by atoms with E-state index in [0.717, 1.165) is 43.9 Å². The normalized spacial score (nSPS) is 19.1. The summed E-state index contributed by atoms with van der Waals surface area (Å²) in [5, 5.41) is 4.31. The maximum absolute atomic E-state index is 13.0. The summed E-state index contributed by atoms with van der Waals surface area (Å²) < 4.78 is 8.98. The van der Waals surface area contributed by atoms with Crippen LogP contribution in [0.25, 0.3) is 5.65 Å². The van der Waals surface area contributed by atoms with Crippen LogP contribution in [0.5, 0.6) is 5.75 Å². The van der Waals surface area contributed by atoms with Gasteiger partial charge in [0, 0.05) is 56.1 Å². The van der Waals surface area contributed by atoms with Crippen molar-refractivity contribution in [3.63, 3.8) is 0 Å². The highest BCUT2D eigenvalue weighted by molar-refractivity contribution is 5.95. The van der Waals surface area contributed by atoms with E-state index in [4.69, 9.17) is 4.74 Å². The number of aromatic nitrogens is 3. The Kier molecular flexibility index (Phi) is 4.92. The van der Waals surface area contributed by atoms with Crippen molar-refractivity contribution in [1.29, 1.82) is 0 Å². The number of carbonyl (C=O) groups excluding carboxylic acids is 1. The van der Waals surface area contributed by atoms with E-state index in [0.29, 0.717) is 23.6 Å². The first-order chi connectivity index (χ1) is 15.0. The number of anilines is 2. The van der Waals surface area contributed by atoms with E-state index in [-0.39, 0.29) is 17.5 Å². The summed E-state index contributed by atoms with van der Waals surface area (Å²) in [4.78, 5) is 29.3. The number of hydrogen-bond acceptors (Lipinski definition) is 5. The number of nitrogens with zero attached hydrogens (tertiary/aromatic N) is 5. The van der Waals surface area contributed by atoms with Gasteiger partial charge in [-0.3, -0.25) is 9.20 Å². The number of piperidine rings is 1. The van der Waals surface area contributed by atoms with Crippen molar-refractivity contribution in [3.8, 4) is 5.75 Å². The minimum absolute atomic E-state index is 0.0734. The van der Waals surface area contributed by atoms with Gasteiger partial charge in [-0.1, -0.05) is 6.92 Å². The lowest BCUT2D eigenvalue weighted by Crippen LogP contribution is -2.35. The third-order valence-corrected chi connectivity index (χ3v) is 6.12. The van der Waals surface area contributed by atoms with Gasteiger partial charge in [-0.05, 0) is 43.5 Å². The maximum Gasteiger partial charge on any atom is 0.350 e. The van der Waals surface area contributed by atoms with Crippen molar-refractivity contribution < 1.29 is 9.53 Å². The fourth-order valence-electron chi connectivity index (χ4n) is 4.44. The fourth-order valence-corrected chi connectivity index (χ4v) is 4.44. The Morgan fingerprint density at radius 3 is 2.74 bits per heavy atom. The van der Waals surface area contributed by atoms with Crippen LogP contribution in [0, 0.1) is 5.92 Å². The van der Waals surface area contributed by atoms with Crippen molar-refractivity contribution >= 4 is 22.9 Å². The summed E-state index contributed by atoms with van der Waals surface area (Å²) in [5.74, 6) is 1.07. The van der Waals surface area contributed by atoms with E-state index in [1.807, 2.05) is 35.2 Å². The van der Waals surface area contributed by atoms with Crippen LogP contribution >= 0.6 is 0 Å². The molecule has 2 aromatic heterocycles. The Labute approximate surface area is 180 Å². The number of benzene rings is 1. The predicted molar refractivity (Wildman–Crippen MR) is 118 cm³/mol. The van der Waals surface area contributed by atoms with Crippen molar-refractivity contribution in [2.45, 2.75) is 26.2 Å². The summed E-state index contributed by atoms with van der Waals surface area (Å²) >= 11 is 0. The minimum atomic E-state index is -0.171. The zero-order valence-corrected chi connectivity index (χ0v) is 18.0. The molecule has 2 aliphatic rings. The van der Waals surface area contributed by atoms with Gasteiger partial charge >= 0.3 is 5.69 Å². The van der Waals surface area contributed by atoms with Crippen LogP contribution in [0.1, 0.15) is 36.5 Å². The van der Waals surface area contributed by atoms with E-state index in [2.05, 4.69) is 16.9 Å². The third-order valence-electron chi connectivity index (χ3n) is 6.12. The van der Waals surface area contributed by atoms with Crippen molar-refractivity contribution in [1.82, 2.24) is 19.1 Å². The molecule has 31 heavy (non-hydrogen) atoms. The van der Waals surface area contributed by atoms with Crippen molar-refractivity contribution in [2.24, 2.45) is 13.0 Å². The molecule has 3 aromatic rings. The molecule has 1 amide bonds. The molecule has 0 bridgehead atoms. The number of rotatable bonds is 2. The number of ether oxygens (including phenoxy) is 1. The van der Waals surface area contributed by atoms with E-state index in [9.17, 15) is 9.59 Å². The quantitative estimate of drug-likeness (QED) is 0.636. The molecule has 1 fully saturated rings. The van der Waals surface area contributed by atoms with Gasteiger partial charge in [0.05, 0.1) is 12.3 Å². The second-order valence-corrected chi connectivity index (χ2v) is 8.58. The molecule has 0 aliphatic carbocycles. The molecule has 0 radical (unpaired) electrons. The third kappa shape index (κ3) is 3.56. The van der Waals surface area contributed by atoms with Crippen LogP contribution in [-0.2, 0) is 7.05 Å². The Balaban J connectivity index is 1.52. The van der Waals surface area contributed by atoms with Gasteiger partial charge in [-0.25, -0.2) is 9.48 Å². The summed E-state index contributed by atoms with van der Waals surface area (Å²) in [5.41, 5.74) is 2.95. The highest BCUT2D eigenvalue weighted by Crippen LogP contribution is 2.38. The number of aryl methyl sites for hydroxylation is 1. The molecule has 0 saturated carbocycles. The van der Waals surface area contributed by atoms with Crippen LogP contribution in [0.4, 0.5) is 11.4 Å². The van der Waals surface area contributed by atoms with Gasteiger partial charge in [-0.15, -0.1) is 0 Å². The SMILES string of the molecule is C[C@@H]1COc2cc(C(=O)N3CCCCC3)ccc2N(c2ccn3c(=O)n(C)nc3c2)C1. The molecule has 1 aromatic carbocycles. The zero-order valence-electron chi connectivity index (χ0n) is 18.0. The van der Waals surface area contributed by atoms with Crippen LogP contribution in [0.2, 0.25) is 0 Å². The molecule has 0 spiro atoms. The van der Waals surface area contributed by atoms with Crippen molar-refractivity contribution in [2.75, 3.05) is 31.1 Å². The monoisotopic (exact) mass is 421 g/mol. The zero-order chi connectivity index (χ0) is 21.5. The van der Waals surface area contributed by atoms with Gasteiger partial charge in [0.2, 0.25) is 0 Å². The second-order valence-electron chi connectivity index (χ2n) is 8.58. The Hall–Kier alpha value is -3.29. The average Bonchev–Trinajstić information content (AvgIpc) is 2.97. The standard InChI is InChI=1S/C23H27N5O3/c1-16-14-28(18-8-11-27-21(13-18)24-25(2)23(27)30)19-7-6-17(12-20(19)31-15-16)22(29)26-9-4-3-5-10-26/h6-8,11-13,16H,3-5,9-10,14-15H2,1-2H3/t16-/m0/s1. The number of amides is 1. The van der Waals surface area contributed by atoms with E-state index in [1.54, 1.807) is 13.2 Å². The van der Waals surface area contributed by atoms with Gasteiger partial charge in [0.1, 0.15) is 5.75 Å². The molecule has 8 nitrogen and oxygen atoms in total. The molecule has 2 aliphatic heterocycles. The predicted octanol–water partition coefficient (Wildman–Crippen LogP) is 2.83. The number of hydrogen-bond donors (Lipinski definition) is 0. The number of pyridine rings is 1. The van der Waals surface area contributed by atoms with Crippen LogP contribution in [-0.4, -0.2) is 51.2 Å². The smallest absolute Gasteiger partial charge is 0.350 e. The molecule has 1 atom stereocenters. The summed E-state index contributed by atoms with van der Waals surface area (Å²) in [7, 11) is 1.65. The minimum Gasteiger partial charge on any atom is -0.491 e. The lowest BCUT2D eigenvalue weighted by atomic mass is 10.1. The summed E-state index contributed by atoms with van der Waals surface area (Å²) in [6.45, 7) is 5.13. The molecular formula is C23H27N5O3. The van der Waals surface area contributed by atoms with E-state index in [1.165, 1.54) is 15.5 Å². The van der Waals surface area contributed by atoms with E-state index < -0.39 is 0 Å². The number of carbonyl (C=O) groups is 1. The van der Waals surface area contributed by atoms with Gasteiger partial charge < -0.3 is 14.5 Å². The molecule has 8 heteroatoms. The van der Waals surface area contributed by atoms with Crippen molar-refractivity contribution in [3.05, 3.63) is 52.6 Å². The lowest BCUT2D eigenvalue weighted by Gasteiger charge is -2.28. The van der Waals surface area contributed by atoms with Gasteiger partial charge in [-0.2, -0.15) is 5.10 Å². The first-order valence-electron chi connectivity index (χ1n) is 10.9. The molecule has 4 heterocycles. The molecule has 0 unspecified atom stereocenters. The molecule has 162 valence electrons. The highest BCUT2D eigenvalue weighted by Gasteiger charge is 2.25. The van der Waals surface area contributed by atoms with E-state index >= 15 is 0 Å². The Morgan fingerprint density at radius 1 is 1.13 bits per heavy atom. The first-order valence-corrected chi connectivity index (χ1v) is 10.9. The Bertz CT molecular complexity index is 1190. The maximum atomic E-state index is 13.0. The van der Waals surface area contributed by atoms with Crippen LogP contribution in [0.3, 0.4) is 0 Å². The molecule has 0 N–H and O–H groups in total. The molecular weight excluding hydrogens is 394 g/mol. The first kappa shape index (κ1) is 19.7. The largest absolute Gasteiger partial charge is 0.491 e. The molecule has 1 saturated heterocycles. The number of likely N-dealkylation sites (tertiary alicyclic amines) is 1. The number of fused-ring (bicyclic) bond motifs is 2. The topological polar surface area (TPSA) is 72.1 Å². The van der Waals surface area contributed by atoms with Crippen LogP contribution < -0.4 is 15.3 Å². The Morgan fingerprint density at radius 2 is 1.94 bits per heavy atom. The summed E-state index contributed by atoms with van der Waals surface area (Å²) in [6.07, 6.45) is 5.08. The lowest BCUT2D eigenvalue weighted by molar-refractivity contribution is 0.0724. The average molecular weight is 422 g/mol. The second kappa shape index (κ2) is 7.76. The highest BCUT2D eigenvalue weighted by atomic mass is 16.5. The van der Waals surface area contributed by atoms with Crippen LogP contribution in [0.15, 0.2) is 41.3 Å². The fraction of sp³-hybridized carbons (Fsp3) is 0.435. The molecule has 5 rings (SSSR count). The van der Waals surface area contributed by atoms with Gasteiger partial charge in [0.15, 0.2) is 5.65 Å². The van der Waals surface area contributed by atoms with Gasteiger partial charge in [0.25, 0.3) is 5.91 Å². The summed E-state index contributed by atoms with van der Waals surface area (Å²) in [6, 6.07) is 9.58.